The third kappa shape index (κ3) is 13.8. The van der Waals surface area contributed by atoms with E-state index in [9.17, 15) is 9.00 Å². The number of amides is 1. The van der Waals surface area contributed by atoms with E-state index in [1.165, 1.54) is 0 Å². The van der Waals surface area contributed by atoms with Gasteiger partial charge in [0.05, 0.1) is 0 Å². The molecule has 0 aromatic rings. The Morgan fingerprint density at radius 1 is 1.00 bits per heavy atom. The number of carbonyl (C=O) groups is 1. The number of alkyl carbamates (subject to hydrolysis) is 1. The van der Waals surface area contributed by atoms with Crippen molar-refractivity contribution in [2.75, 3.05) is 32.4 Å². The largest absolute Gasteiger partial charge is 0.444 e. The number of ether oxygens (including phenoxy) is 1. The van der Waals surface area contributed by atoms with Crippen LogP contribution in [-0.2, 0) is 15.5 Å². The molecule has 24 heavy (non-hydrogen) atoms. The van der Waals surface area contributed by atoms with Crippen LogP contribution >= 0.6 is 24.0 Å². The summed E-state index contributed by atoms with van der Waals surface area (Å²) in [6.45, 7) is 12.8. The minimum Gasteiger partial charge on any atom is -0.444 e. The molecular weight excluding hydrogens is 443 g/mol. The smallest absolute Gasteiger partial charge is 0.407 e. The van der Waals surface area contributed by atoms with E-state index >= 15 is 0 Å². The molecule has 1 amide bonds. The van der Waals surface area contributed by atoms with Crippen molar-refractivity contribution < 1.29 is 13.7 Å². The van der Waals surface area contributed by atoms with Gasteiger partial charge in [0.15, 0.2) is 5.96 Å². The summed E-state index contributed by atoms with van der Waals surface area (Å²) in [6.07, 6.45) is -0.442. The van der Waals surface area contributed by atoms with Crippen LogP contribution in [0.3, 0.4) is 0 Å². The van der Waals surface area contributed by atoms with Crippen molar-refractivity contribution in [2.24, 2.45) is 4.99 Å². The number of rotatable bonds is 6. The summed E-state index contributed by atoms with van der Waals surface area (Å²) in [4.78, 5) is 15.5. The van der Waals surface area contributed by atoms with Crippen LogP contribution in [0.2, 0.25) is 0 Å². The molecule has 1 atom stereocenters. The van der Waals surface area contributed by atoms with E-state index < -0.39 is 22.5 Å². The molecule has 0 rings (SSSR count). The maximum absolute atomic E-state index is 11.9. The standard InChI is InChI=1S/C15H32N4O3S.HI/c1-14(2,3)22-13(20)19-9-8-17-12(16-7)18-10-11-23(21)15(4,5)6;/h8-11H2,1-7H3,(H,19,20)(H2,16,17,18);1H. The van der Waals surface area contributed by atoms with Crippen LogP contribution in [0.25, 0.3) is 0 Å². The molecule has 0 aliphatic rings. The van der Waals surface area contributed by atoms with Crippen LogP contribution in [0.15, 0.2) is 4.99 Å². The van der Waals surface area contributed by atoms with Crippen molar-refractivity contribution in [1.29, 1.82) is 0 Å². The van der Waals surface area contributed by atoms with Gasteiger partial charge in [-0.3, -0.25) is 9.20 Å². The normalized spacial score (nSPS) is 13.5. The predicted octanol–water partition coefficient (Wildman–Crippen LogP) is 1.84. The Labute approximate surface area is 165 Å². The Morgan fingerprint density at radius 2 is 1.50 bits per heavy atom. The lowest BCUT2D eigenvalue weighted by Gasteiger charge is -2.20. The van der Waals surface area contributed by atoms with Crippen LogP contribution < -0.4 is 16.0 Å². The summed E-state index contributed by atoms with van der Waals surface area (Å²) in [5.74, 6) is 1.17. The first-order chi connectivity index (χ1) is 10.5. The van der Waals surface area contributed by atoms with Gasteiger partial charge in [0.1, 0.15) is 5.60 Å². The fraction of sp³-hybridized carbons (Fsp3) is 0.867. The van der Waals surface area contributed by atoms with Gasteiger partial charge in [-0.2, -0.15) is 0 Å². The van der Waals surface area contributed by atoms with Crippen molar-refractivity contribution >= 4 is 46.8 Å². The Balaban J connectivity index is 0. The van der Waals surface area contributed by atoms with Gasteiger partial charge < -0.3 is 20.7 Å². The SMILES string of the molecule is CN=C(NCCNC(=O)OC(C)(C)C)NCCS(=O)C(C)(C)C.I. The van der Waals surface area contributed by atoms with Crippen LogP contribution in [0, 0.1) is 0 Å². The van der Waals surface area contributed by atoms with Gasteiger partial charge in [0, 0.05) is 48.0 Å². The summed E-state index contributed by atoms with van der Waals surface area (Å²) in [5, 5.41) is 8.83. The molecule has 0 aromatic heterocycles. The third-order valence-corrected chi connectivity index (χ3v) is 4.51. The van der Waals surface area contributed by atoms with Crippen LogP contribution in [0.5, 0.6) is 0 Å². The van der Waals surface area contributed by atoms with Crippen molar-refractivity contribution in [2.45, 2.75) is 51.9 Å². The van der Waals surface area contributed by atoms with E-state index in [2.05, 4.69) is 20.9 Å². The molecule has 0 heterocycles. The summed E-state index contributed by atoms with van der Waals surface area (Å²) in [7, 11) is 0.766. The molecule has 0 aromatic carbocycles. The second-order valence-electron chi connectivity index (χ2n) is 7.02. The lowest BCUT2D eigenvalue weighted by atomic mass is 10.2. The predicted molar refractivity (Wildman–Crippen MR) is 112 cm³/mol. The first-order valence-electron chi connectivity index (χ1n) is 7.75. The highest BCUT2D eigenvalue weighted by Gasteiger charge is 2.18. The molecule has 0 spiro atoms. The average Bonchev–Trinajstić information content (AvgIpc) is 2.38. The van der Waals surface area contributed by atoms with Crippen molar-refractivity contribution in [1.82, 2.24) is 16.0 Å². The van der Waals surface area contributed by atoms with E-state index in [0.717, 1.165) is 0 Å². The number of hydrogen-bond acceptors (Lipinski definition) is 4. The summed E-state index contributed by atoms with van der Waals surface area (Å²) < 4.78 is 16.9. The number of nitrogens with one attached hydrogen (secondary N) is 3. The molecule has 7 nitrogen and oxygen atoms in total. The van der Waals surface area contributed by atoms with Crippen LogP contribution in [0.4, 0.5) is 4.79 Å². The van der Waals surface area contributed by atoms with Gasteiger partial charge in [-0.05, 0) is 41.5 Å². The number of guanidine groups is 1. The van der Waals surface area contributed by atoms with E-state index in [-0.39, 0.29) is 28.7 Å². The summed E-state index contributed by atoms with van der Waals surface area (Å²) in [6, 6.07) is 0. The van der Waals surface area contributed by atoms with E-state index in [4.69, 9.17) is 4.74 Å². The Bertz CT molecular complexity index is 431. The highest BCUT2D eigenvalue weighted by molar-refractivity contribution is 14.0. The molecule has 3 N–H and O–H groups in total. The number of halogens is 1. The van der Waals surface area contributed by atoms with Crippen molar-refractivity contribution in [3.05, 3.63) is 0 Å². The fourth-order valence-corrected chi connectivity index (χ4v) is 2.35. The highest BCUT2D eigenvalue weighted by Crippen LogP contribution is 2.10. The lowest BCUT2D eigenvalue weighted by Crippen LogP contribution is -2.43. The molecule has 9 heteroatoms. The van der Waals surface area contributed by atoms with Crippen molar-refractivity contribution in [3.63, 3.8) is 0 Å². The number of nitrogens with zero attached hydrogens (tertiary/aromatic N) is 1. The van der Waals surface area contributed by atoms with E-state index in [1.807, 2.05) is 41.5 Å². The highest BCUT2D eigenvalue weighted by atomic mass is 127. The molecule has 0 aliphatic carbocycles. The summed E-state index contributed by atoms with van der Waals surface area (Å²) >= 11 is 0. The van der Waals surface area contributed by atoms with E-state index in [0.29, 0.717) is 31.3 Å². The quantitative estimate of drug-likeness (QED) is 0.236. The molecule has 1 unspecified atom stereocenters. The van der Waals surface area contributed by atoms with Gasteiger partial charge in [0.25, 0.3) is 0 Å². The Hall–Kier alpha value is -0.580. The zero-order valence-corrected chi connectivity index (χ0v) is 19.0. The molecule has 0 radical (unpaired) electrons. The van der Waals surface area contributed by atoms with Crippen molar-refractivity contribution in [3.8, 4) is 0 Å². The maximum Gasteiger partial charge on any atom is 0.407 e. The molecule has 0 fully saturated rings. The number of hydrogen-bond donors (Lipinski definition) is 3. The van der Waals surface area contributed by atoms with Gasteiger partial charge in [-0.15, -0.1) is 24.0 Å². The van der Waals surface area contributed by atoms with Gasteiger partial charge in [-0.25, -0.2) is 4.79 Å². The zero-order valence-electron chi connectivity index (χ0n) is 15.8. The lowest BCUT2D eigenvalue weighted by molar-refractivity contribution is 0.0529. The molecule has 0 aliphatic heterocycles. The number of aliphatic imine (C=N–C) groups is 1. The fourth-order valence-electron chi connectivity index (χ4n) is 1.45. The Morgan fingerprint density at radius 3 is 1.96 bits per heavy atom. The topological polar surface area (TPSA) is 91.8 Å². The monoisotopic (exact) mass is 476 g/mol. The average molecular weight is 476 g/mol. The van der Waals surface area contributed by atoms with Gasteiger partial charge >= 0.3 is 6.09 Å². The maximum atomic E-state index is 11.9. The first kappa shape index (κ1) is 25.7. The van der Waals surface area contributed by atoms with Gasteiger partial charge in [-0.1, -0.05) is 0 Å². The molecule has 144 valence electrons. The summed E-state index contributed by atoms with van der Waals surface area (Å²) in [5.41, 5.74) is -0.502. The first-order valence-corrected chi connectivity index (χ1v) is 9.07. The second kappa shape index (κ2) is 11.9. The minimum absolute atomic E-state index is 0. The van der Waals surface area contributed by atoms with E-state index in [1.54, 1.807) is 7.05 Å². The second-order valence-corrected chi connectivity index (χ2v) is 9.34. The molecule has 0 bridgehead atoms. The molecule has 0 saturated heterocycles. The minimum atomic E-state index is -0.898. The molecule has 0 saturated carbocycles. The van der Waals surface area contributed by atoms with Crippen LogP contribution in [-0.4, -0.2) is 59.0 Å². The number of carbonyl (C=O) groups excluding carboxylic acids is 1. The van der Waals surface area contributed by atoms with Gasteiger partial charge in [0.2, 0.25) is 0 Å². The Kier molecular flexibility index (Phi) is 12.7. The zero-order chi connectivity index (χ0) is 18.1. The molecular formula is C15H33IN4O3S. The van der Waals surface area contributed by atoms with Crippen LogP contribution in [0.1, 0.15) is 41.5 Å². The third-order valence-electron chi connectivity index (χ3n) is 2.57.